The third-order valence-electron chi connectivity index (χ3n) is 1.89. The van der Waals surface area contributed by atoms with Gasteiger partial charge in [0.1, 0.15) is 6.07 Å². The summed E-state index contributed by atoms with van der Waals surface area (Å²) in [5, 5.41) is 8.34. The van der Waals surface area contributed by atoms with E-state index in [0.29, 0.717) is 0 Å². The summed E-state index contributed by atoms with van der Waals surface area (Å²) < 4.78 is 12.9. The molecule has 0 fully saturated rings. The van der Waals surface area contributed by atoms with Crippen LogP contribution in [0, 0.1) is 11.3 Å². The molecule has 2 atom stereocenters. The van der Waals surface area contributed by atoms with Gasteiger partial charge in [-0.2, -0.15) is 5.26 Å². The molecular weight excluding hydrogens is 153 g/mol. The lowest BCUT2D eigenvalue weighted by Gasteiger charge is -2.09. The third kappa shape index (κ3) is 1.82. The summed E-state index contributed by atoms with van der Waals surface area (Å²) in [4.78, 5) is 0. The Morgan fingerprint density at radius 1 is 1.33 bits per heavy atom. The van der Waals surface area contributed by atoms with Crippen LogP contribution in [0.5, 0.6) is 0 Å². The molecule has 1 aromatic rings. The molecule has 0 aliphatic carbocycles. The van der Waals surface area contributed by atoms with Gasteiger partial charge in [0.05, 0.1) is 0 Å². The summed E-state index contributed by atoms with van der Waals surface area (Å²) >= 11 is 0. The molecule has 0 saturated heterocycles. The van der Waals surface area contributed by atoms with Crippen molar-refractivity contribution in [3.05, 3.63) is 35.9 Å². The van der Waals surface area contributed by atoms with Crippen LogP contribution in [0.2, 0.25) is 0 Å². The van der Waals surface area contributed by atoms with E-state index in [9.17, 15) is 4.39 Å². The van der Waals surface area contributed by atoms with E-state index >= 15 is 0 Å². The van der Waals surface area contributed by atoms with Crippen molar-refractivity contribution >= 4 is 0 Å². The van der Waals surface area contributed by atoms with Crippen molar-refractivity contribution in [3.8, 4) is 6.07 Å². The van der Waals surface area contributed by atoms with Gasteiger partial charge < -0.3 is 0 Å². The molecule has 2 heteroatoms. The number of nitriles is 1. The highest BCUT2D eigenvalue weighted by Crippen LogP contribution is 2.20. The molecule has 0 saturated carbocycles. The first-order valence-corrected chi connectivity index (χ1v) is 3.84. The van der Waals surface area contributed by atoms with E-state index in [4.69, 9.17) is 5.26 Å². The highest BCUT2D eigenvalue weighted by Gasteiger charge is 2.16. The van der Waals surface area contributed by atoms with Gasteiger partial charge in [0.25, 0.3) is 0 Å². The fourth-order valence-corrected chi connectivity index (χ4v) is 1.04. The SMILES string of the molecule is CC(c1ccccc1)C(F)C#N. The van der Waals surface area contributed by atoms with Crippen molar-refractivity contribution in [3.63, 3.8) is 0 Å². The molecule has 12 heavy (non-hydrogen) atoms. The quantitative estimate of drug-likeness (QED) is 0.657. The molecule has 0 spiro atoms. The minimum Gasteiger partial charge on any atom is -0.230 e. The predicted octanol–water partition coefficient (Wildman–Crippen LogP) is 2.65. The van der Waals surface area contributed by atoms with E-state index in [1.54, 1.807) is 13.0 Å². The zero-order chi connectivity index (χ0) is 8.97. The molecule has 0 radical (unpaired) electrons. The summed E-state index contributed by atoms with van der Waals surface area (Å²) in [5.74, 6) is -0.337. The topological polar surface area (TPSA) is 23.8 Å². The molecular formula is C10H10FN. The summed E-state index contributed by atoms with van der Waals surface area (Å²) in [5.41, 5.74) is 0.867. The second-order valence-electron chi connectivity index (χ2n) is 2.73. The Morgan fingerprint density at radius 3 is 2.42 bits per heavy atom. The lowest BCUT2D eigenvalue weighted by atomic mass is 9.97. The molecule has 0 aliphatic rings. The van der Waals surface area contributed by atoms with Gasteiger partial charge >= 0.3 is 0 Å². The van der Waals surface area contributed by atoms with Crippen LogP contribution in [0.25, 0.3) is 0 Å². The molecule has 1 aromatic carbocycles. The van der Waals surface area contributed by atoms with Crippen LogP contribution < -0.4 is 0 Å². The number of rotatable bonds is 2. The van der Waals surface area contributed by atoms with Gasteiger partial charge in [-0.05, 0) is 5.56 Å². The number of alkyl halides is 1. The molecule has 0 N–H and O–H groups in total. The molecule has 1 rings (SSSR count). The Kier molecular flexibility index (Phi) is 2.82. The largest absolute Gasteiger partial charge is 0.230 e. The van der Waals surface area contributed by atoms with Crippen LogP contribution >= 0.6 is 0 Å². The van der Waals surface area contributed by atoms with Gasteiger partial charge in [-0.1, -0.05) is 37.3 Å². The molecule has 0 bridgehead atoms. The van der Waals surface area contributed by atoms with Crippen LogP contribution in [0.3, 0.4) is 0 Å². The fraction of sp³-hybridized carbons (Fsp3) is 0.300. The van der Waals surface area contributed by atoms with Crippen LogP contribution in [-0.4, -0.2) is 6.17 Å². The zero-order valence-electron chi connectivity index (χ0n) is 6.87. The number of hydrogen-bond acceptors (Lipinski definition) is 1. The van der Waals surface area contributed by atoms with Crippen LogP contribution in [0.4, 0.5) is 4.39 Å². The third-order valence-corrected chi connectivity index (χ3v) is 1.89. The summed E-state index contributed by atoms with van der Waals surface area (Å²) in [7, 11) is 0. The van der Waals surface area contributed by atoms with E-state index in [-0.39, 0.29) is 5.92 Å². The first kappa shape index (κ1) is 8.73. The Labute approximate surface area is 71.4 Å². The van der Waals surface area contributed by atoms with Gasteiger partial charge in [-0.3, -0.25) is 0 Å². The Hall–Kier alpha value is -1.36. The number of halogens is 1. The zero-order valence-corrected chi connectivity index (χ0v) is 6.87. The monoisotopic (exact) mass is 163 g/mol. The van der Waals surface area contributed by atoms with Crippen molar-refractivity contribution in [2.45, 2.75) is 19.0 Å². The van der Waals surface area contributed by atoms with Crippen LogP contribution in [-0.2, 0) is 0 Å². The van der Waals surface area contributed by atoms with Crippen LogP contribution in [0.15, 0.2) is 30.3 Å². The molecule has 2 unspecified atom stereocenters. The van der Waals surface area contributed by atoms with E-state index in [1.165, 1.54) is 0 Å². The number of benzene rings is 1. The molecule has 0 heterocycles. The van der Waals surface area contributed by atoms with E-state index in [1.807, 2.05) is 30.3 Å². The Balaban J connectivity index is 2.80. The van der Waals surface area contributed by atoms with Gasteiger partial charge in [0, 0.05) is 5.92 Å². The minimum atomic E-state index is -1.41. The first-order valence-electron chi connectivity index (χ1n) is 3.84. The van der Waals surface area contributed by atoms with Gasteiger partial charge in [0.2, 0.25) is 0 Å². The number of nitrogens with zero attached hydrogens (tertiary/aromatic N) is 1. The van der Waals surface area contributed by atoms with Crippen molar-refractivity contribution in [1.29, 1.82) is 5.26 Å². The minimum absolute atomic E-state index is 0.337. The lowest BCUT2D eigenvalue weighted by molar-refractivity contribution is 0.362. The van der Waals surface area contributed by atoms with Crippen molar-refractivity contribution in [1.82, 2.24) is 0 Å². The van der Waals surface area contributed by atoms with Crippen molar-refractivity contribution < 1.29 is 4.39 Å². The summed E-state index contributed by atoms with van der Waals surface area (Å²) in [6.07, 6.45) is -1.41. The molecule has 0 aromatic heterocycles. The smallest absolute Gasteiger partial charge is 0.192 e. The lowest BCUT2D eigenvalue weighted by Crippen LogP contribution is -2.07. The molecule has 1 nitrogen and oxygen atoms in total. The maximum atomic E-state index is 12.9. The van der Waals surface area contributed by atoms with E-state index < -0.39 is 6.17 Å². The standard InChI is InChI=1S/C10H10FN/c1-8(10(11)7-12)9-5-3-2-4-6-9/h2-6,8,10H,1H3. The average Bonchev–Trinajstić information content (AvgIpc) is 2.17. The van der Waals surface area contributed by atoms with Crippen LogP contribution in [0.1, 0.15) is 18.4 Å². The number of hydrogen-bond donors (Lipinski definition) is 0. The average molecular weight is 163 g/mol. The van der Waals surface area contributed by atoms with Crippen molar-refractivity contribution in [2.75, 3.05) is 0 Å². The molecule has 62 valence electrons. The Bertz CT molecular complexity index is 276. The van der Waals surface area contributed by atoms with Gasteiger partial charge in [-0.15, -0.1) is 0 Å². The highest BCUT2D eigenvalue weighted by atomic mass is 19.1. The van der Waals surface area contributed by atoms with Gasteiger partial charge in [0.15, 0.2) is 6.17 Å². The second kappa shape index (κ2) is 3.87. The Morgan fingerprint density at radius 2 is 1.92 bits per heavy atom. The van der Waals surface area contributed by atoms with Gasteiger partial charge in [-0.25, -0.2) is 4.39 Å². The summed E-state index contributed by atoms with van der Waals surface area (Å²) in [6.45, 7) is 1.71. The van der Waals surface area contributed by atoms with E-state index in [0.717, 1.165) is 5.56 Å². The maximum Gasteiger partial charge on any atom is 0.192 e. The fourth-order valence-electron chi connectivity index (χ4n) is 1.04. The summed E-state index contributed by atoms with van der Waals surface area (Å²) in [6, 6.07) is 10.8. The normalized spacial score (nSPS) is 14.8. The van der Waals surface area contributed by atoms with E-state index in [2.05, 4.69) is 0 Å². The highest BCUT2D eigenvalue weighted by molar-refractivity contribution is 5.21. The maximum absolute atomic E-state index is 12.9. The van der Waals surface area contributed by atoms with Crippen molar-refractivity contribution in [2.24, 2.45) is 0 Å². The predicted molar refractivity (Wildman–Crippen MR) is 45.4 cm³/mol. The molecule has 0 aliphatic heterocycles. The first-order chi connectivity index (χ1) is 5.75. The molecule has 0 amide bonds. The second-order valence-corrected chi connectivity index (χ2v) is 2.73.